The van der Waals surface area contributed by atoms with Gasteiger partial charge in [0.05, 0.1) is 17.9 Å². The summed E-state index contributed by atoms with van der Waals surface area (Å²) >= 11 is 0. The van der Waals surface area contributed by atoms with E-state index in [-0.39, 0.29) is 0 Å². The molecule has 0 radical (unpaired) electrons. The zero-order valence-corrected chi connectivity index (χ0v) is 12.1. The molecule has 2 heterocycles. The molecule has 0 amide bonds. The second-order valence-corrected chi connectivity index (χ2v) is 5.30. The summed E-state index contributed by atoms with van der Waals surface area (Å²) in [4.78, 5) is 4.58. The van der Waals surface area contributed by atoms with E-state index in [1.807, 2.05) is 18.2 Å². The molecule has 0 unspecified atom stereocenters. The highest BCUT2D eigenvalue weighted by atomic mass is 15.0. The number of hydrogen-bond acceptors (Lipinski definition) is 2. The lowest BCUT2D eigenvalue weighted by Crippen LogP contribution is -2.04. The molecule has 0 aliphatic heterocycles. The summed E-state index contributed by atoms with van der Waals surface area (Å²) in [6.45, 7) is 7.08. The van der Waals surface area contributed by atoms with E-state index < -0.39 is 0 Å². The number of fused-ring (bicyclic) bond motifs is 1. The second kappa shape index (κ2) is 5.00. The fourth-order valence-electron chi connectivity index (χ4n) is 2.64. The highest BCUT2D eigenvalue weighted by Crippen LogP contribution is 2.17. The fraction of sp³-hybridized carbons (Fsp3) is 0.235. The first-order valence-electron chi connectivity index (χ1n) is 6.88. The summed E-state index contributed by atoms with van der Waals surface area (Å²) < 4.78 is 2.14. The first kappa shape index (κ1) is 12.7. The Balaban J connectivity index is 1.88. The molecule has 0 atom stereocenters. The van der Waals surface area contributed by atoms with E-state index in [1.165, 1.54) is 16.8 Å². The Morgan fingerprint density at radius 2 is 1.80 bits per heavy atom. The molecule has 0 aliphatic rings. The maximum atomic E-state index is 4.58. The van der Waals surface area contributed by atoms with Gasteiger partial charge in [-0.1, -0.05) is 12.1 Å². The van der Waals surface area contributed by atoms with Crippen LogP contribution in [0.4, 0.5) is 5.69 Å². The van der Waals surface area contributed by atoms with Crippen molar-refractivity contribution in [3.63, 3.8) is 0 Å². The van der Waals surface area contributed by atoms with Crippen LogP contribution in [0.5, 0.6) is 0 Å². The Labute approximate surface area is 119 Å². The average Bonchev–Trinajstić information content (AvgIpc) is 2.71. The zero-order valence-electron chi connectivity index (χ0n) is 12.1. The Kier molecular flexibility index (Phi) is 3.18. The number of nitrogens with one attached hydrogen (secondary N) is 1. The number of aromatic nitrogens is 2. The first-order chi connectivity index (χ1) is 9.63. The minimum absolute atomic E-state index is 0.778. The number of imidazole rings is 1. The fourth-order valence-corrected chi connectivity index (χ4v) is 2.64. The van der Waals surface area contributed by atoms with Crippen LogP contribution in [0.25, 0.3) is 5.65 Å². The molecule has 3 heteroatoms. The van der Waals surface area contributed by atoms with Gasteiger partial charge in [-0.2, -0.15) is 0 Å². The lowest BCUT2D eigenvalue weighted by Gasteiger charge is -2.09. The maximum Gasteiger partial charge on any atom is 0.137 e. The highest BCUT2D eigenvalue weighted by molar-refractivity contribution is 5.50. The molecule has 3 rings (SSSR count). The van der Waals surface area contributed by atoms with Gasteiger partial charge in [0.15, 0.2) is 0 Å². The topological polar surface area (TPSA) is 29.3 Å². The van der Waals surface area contributed by atoms with Crippen LogP contribution in [0.1, 0.15) is 22.5 Å². The largest absolute Gasteiger partial charge is 0.379 e. The summed E-state index contributed by atoms with van der Waals surface area (Å²) in [6.07, 6.45) is 2.06. The predicted octanol–water partition coefficient (Wildman–Crippen LogP) is 3.87. The van der Waals surface area contributed by atoms with E-state index in [9.17, 15) is 0 Å². The van der Waals surface area contributed by atoms with Crippen molar-refractivity contribution in [3.8, 4) is 0 Å². The summed E-state index contributed by atoms with van der Waals surface area (Å²) in [5, 5.41) is 3.50. The van der Waals surface area contributed by atoms with Gasteiger partial charge in [-0.15, -0.1) is 0 Å². The van der Waals surface area contributed by atoms with Crippen molar-refractivity contribution in [2.24, 2.45) is 0 Å². The molecule has 1 aromatic carbocycles. The van der Waals surface area contributed by atoms with Crippen molar-refractivity contribution in [2.75, 3.05) is 5.32 Å². The number of rotatable bonds is 3. The van der Waals surface area contributed by atoms with E-state index in [1.54, 1.807) is 0 Å². The molecule has 2 aromatic heterocycles. The van der Waals surface area contributed by atoms with E-state index in [4.69, 9.17) is 0 Å². The van der Waals surface area contributed by atoms with Crippen LogP contribution in [0.15, 0.2) is 42.6 Å². The summed E-state index contributed by atoms with van der Waals surface area (Å²) in [6, 6.07) is 12.6. The van der Waals surface area contributed by atoms with E-state index >= 15 is 0 Å². The van der Waals surface area contributed by atoms with Crippen LogP contribution in [-0.4, -0.2) is 9.38 Å². The maximum absolute atomic E-state index is 4.58. The molecule has 0 saturated carbocycles. The normalized spacial score (nSPS) is 10.9. The third-order valence-corrected chi connectivity index (χ3v) is 3.51. The van der Waals surface area contributed by atoms with Gasteiger partial charge < -0.3 is 9.72 Å². The molecule has 0 aliphatic carbocycles. The van der Waals surface area contributed by atoms with Crippen LogP contribution < -0.4 is 5.32 Å². The van der Waals surface area contributed by atoms with Crippen molar-refractivity contribution in [1.82, 2.24) is 9.38 Å². The van der Waals surface area contributed by atoms with Gasteiger partial charge in [-0.3, -0.25) is 0 Å². The molecule has 0 fully saturated rings. The zero-order chi connectivity index (χ0) is 14.1. The number of hydrogen-bond donors (Lipinski definition) is 1. The van der Waals surface area contributed by atoms with Gasteiger partial charge in [0.1, 0.15) is 5.65 Å². The lowest BCUT2D eigenvalue weighted by molar-refractivity contribution is 0.986. The van der Waals surface area contributed by atoms with Crippen molar-refractivity contribution >= 4 is 11.3 Å². The van der Waals surface area contributed by atoms with E-state index in [0.717, 1.165) is 23.6 Å². The smallest absolute Gasteiger partial charge is 0.137 e. The molecule has 20 heavy (non-hydrogen) atoms. The Morgan fingerprint density at radius 3 is 2.55 bits per heavy atom. The monoisotopic (exact) mass is 265 g/mol. The third-order valence-electron chi connectivity index (χ3n) is 3.51. The van der Waals surface area contributed by atoms with E-state index in [2.05, 4.69) is 59.9 Å². The van der Waals surface area contributed by atoms with Gasteiger partial charge in [0.25, 0.3) is 0 Å². The van der Waals surface area contributed by atoms with E-state index in [0.29, 0.717) is 0 Å². The standard InChI is InChI=1S/C17H19N3/c1-12-8-13(2)10-15(9-12)18-11-16-14(3)19-17-6-4-5-7-20(16)17/h4-10,18H,11H2,1-3H3. The van der Waals surface area contributed by atoms with Gasteiger partial charge in [0.2, 0.25) is 0 Å². The SMILES string of the molecule is Cc1cc(C)cc(NCc2c(C)nc3ccccn23)c1. The van der Waals surface area contributed by atoms with Gasteiger partial charge in [0, 0.05) is 11.9 Å². The Morgan fingerprint density at radius 1 is 1.05 bits per heavy atom. The summed E-state index contributed by atoms with van der Waals surface area (Å²) in [5.41, 5.74) is 7.01. The molecular weight excluding hydrogens is 246 g/mol. The molecule has 3 nitrogen and oxygen atoms in total. The minimum atomic E-state index is 0.778. The molecule has 0 spiro atoms. The molecule has 102 valence electrons. The number of pyridine rings is 1. The highest BCUT2D eigenvalue weighted by Gasteiger charge is 2.07. The number of anilines is 1. The van der Waals surface area contributed by atoms with Crippen LogP contribution in [0.2, 0.25) is 0 Å². The van der Waals surface area contributed by atoms with Gasteiger partial charge in [-0.25, -0.2) is 4.98 Å². The number of aryl methyl sites for hydroxylation is 3. The predicted molar refractivity (Wildman–Crippen MR) is 83.2 cm³/mol. The lowest BCUT2D eigenvalue weighted by atomic mass is 10.1. The molecule has 0 bridgehead atoms. The molecular formula is C17H19N3. The van der Waals surface area contributed by atoms with Crippen LogP contribution >= 0.6 is 0 Å². The molecule has 0 saturated heterocycles. The van der Waals surface area contributed by atoms with Gasteiger partial charge >= 0.3 is 0 Å². The quantitative estimate of drug-likeness (QED) is 0.779. The average molecular weight is 265 g/mol. The summed E-state index contributed by atoms with van der Waals surface area (Å²) in [7, 11) is 0. The van der Waals surface area contributed by atoms with Crippen molar-refractivity contribution in [1.29, 1.82) is 0 Å². The van der Waals surface area contributed by atoms with Crippen LogP contribution in [0.3, 0.4) is 0 Å². The van der Waals surface area contributed by atoms with Crippen molar-refractivity contribution < 1.29 is 0 Å². The second-order valence-electron chi connectivity index (χ2n) is 5.30. The van der Waals surface area contributed by atoms with Crippen LogP contribution in [0, 0.1) is 20.8 Å². The molecule has 3 aromatic rings. The first-order valence-corrected chi connectivity index (χ1v) is 6.88. The Hall–Kier alpha value is -2.29. The third kappa shape index (κ3) is 2.39. The van der Waals surface area contributed by atoms with Gasteiger partial charge in [-0.05, 0) is 56.2 Å². The van der Waals surface area contributed by atoms with Crippen molar-refractivity contribution in [2.45, 2.75) is 27.3 Å². The summed E-state index contributed by atoms with van der Waals surface area (Å²) in [5.74, 6) is 0. The number of nitrogens with zero attached hydrogens (tertiary/aromatic N) is 2. The number of benzene rings is 1. The van der Waals surface area contributed by atoms with Crippen molar-refractivity contribution in [3.05, 3.63) is 65.1 Å². The molecule has 1 N–H and O–H groups in total. The minimum Gasteiger partial charge on any atom is -0.379 e. The Bertz CT molecular complexity index is 736. The van der Waals surface area contributed by atoms with Crippen LogP contribution in [-0.2, 0) is 6.54 Å².